The number of carbonyl (C=O) groups is 1. The van der Waals surface area contributed by atoms with E-state index in [9.17, 15) is 4.79 Å². The number of amides is 1. The van der Waals surface area contributed by atoms with Crippen LogP contribution in [0.5, 0.6) is 0 Å². The number of carbonyl (C=O) groups excluding carboxylic acids is 1. The molecule has 1 aromatic heterocycles. The normalized spacial score (nSPS) is 15.7. The molecule has 1 aliphatic heterocycles. The average Bonchev–Trinajstić information content (AvgIpc) is 2.88. The fourth-order valence-electron chi connectivity index (χ4n) is 2.33. The molecule has 5 heteroatoms. The van der Waals surface area contributed by atoms with Gasteiger partial charge in [0.1, 0.15) is 0 Å². The van der Waals surface area contributed by atoms with Crippen molar-refractivity contribution in [2.75, 3.05) is 39.3 Å². The minimum Gasteiger partial charge on any atom is -0.395 e. The van der Waals surface area contributed by atoms with Gasteiger partial charge in [0.2, 0.25) is 0 Å². The quantitative estimate of drug-likeness (QED) is 0.862. The van der Waals surface area contributed by atoms with Gasteiger partial charge in [0, 0.05) is 32.6 Å². The van der Waals surface area contributed by atoms with Gasteiger partial charge in [-0.25, -0.2) is 0 Å². The third kappa shape index (κ3) is 4.07. The van der Waals surface area contributed by atoms with Gasteiger partial charge in [0.15, 0.2) is 0 Å². The number of rotatable bonds is 3. The smallest absolute Gasteiger partial charge is 0.264 e. The van der Waals surface area contributed by atoms with Crippen molar-refractivity contribution in [3.05, 3.63) is 21.4 Å². The Hall–Kier alpha value is -1.35. The fourth-order valence-corrected chi connectivity index (χ4v) is 3.35. The van der Waals surface area contributed by atoms with Crippen molar-refractivity contribution in [2.45, 2.75) is 20.3 Å². The van der Waals surface area contributed by atoms with Gasteiger partial charge < -0.3 is 14.9 Å². The lowest BCUT2D eigenvalue weighted by Gasteiger charge is -2.33. The Bertz CT molecular complexity index is 548. The number of thiophene rings is 1. The number of nitrogens with zero attached hydrogens (tertiary/aromatic N) is 2. The Kier molecular flexibility index (Phi) is 5.80. The second-order valence-electron chi connectivity index (χ2n) is 5.12. The largest absolute Gasteiger partial charge is 0.395 e. The van der Waals surface area contributed by atoms with Gasteiger partial charge in [-0.2, -0.15) is 0 Å². The van der Waals surface area contributed by atoms with Crippen molar-refractivity contribution in [2.24, 2.45) is 0 Å². The molecule has 0 radical (unpaired) electrons. The SMILES string of the molecule is CCN1CCN(C(=O)c2cc(C)c(C#CCCO)s2)CC1. The Morgan fingerprint density at radius 3 is 2.71 bits per heavy atom. The average molecular weight is 306 g/mol. The van der Waals surface area contributed by atoms with E-state index in [-0.39, 0.29) is 12.5 Å². The van der Waals surface area contributed by atoms with E-state index in [4.69, 9.17) is 5.11 Å². The van der Waals surface area contributed by atoms with Crippen LogP contribution in [0.4, 0.5) is 0 Å². The molecule has 114 valence electrons. The summed E-state index contributed by atoms with van der Waals surface area (Å²) in [5.74, 6) is 6.07. The molecule has 1 aromatic rings. The van der Waals surface area contributed by atoms with E-state index < -0.39 is 0 Å². The molecule has 0 atom stereocenters. The first-order valence-electron chi connectivity index (χ1n) is 7.37. The minimum atomic E-state index is 0.0743. The molecular weight excluding hydrogens is 284 g/mol. The molecule has 1 aliphatic rings. The van der Waals surface area contributed by atoms with Crippen molar-refractivity contribution in [1.29, 1.82) is 0 Å². The molecular formula is C16H22N2O2S. The molecule has 0 spiro atoms. The summed E-state index contributed by atoms with van der Waals surface area (Å²) in [6, 6.07) is 1.93. The molecule has 0 aromatic carbocycles. The van der Waals surface area contributed by atoms with E-state index in [1.165, 1.54) is 11.3 Å². The highest BCUT2D eigenvalue weighted by Gasteiger charge is 2.23. The molecule has 1 N–H and O–H groups in total. The number of aryl methyl sites for hydroxylation is 1. The summed E-state index contributed by atoms with van der Waals surface area (Å²) in [5.41, 5.74) is 1.04. The molecule has 0 saturated carbocycles. The summed E-state index contributed by atoms with van der Waals surface area (Å²) in [5, 5.41) is 8.76. The van der Waals surface area contributed by atoms with E-state index in [1.54, 1.807) is 0 Å². The van der Waals surface area contributed by atoms with Crippen molar-refractivity contribution in [1.82, 2.24) is 9.80 Å². The Morgan fingerprint density at radius 1 is 1.38 bits per heavy atom. The third-order valence-corrected chi connectivity index (χ3v) is 4.81. The highest BCUT2D eigenvalue weighted by atomic mass is 32.1. The zero-order valence-electron chi connectivity index (χ0n) is 12.7. The molecule has 0 aliphatic carbocycles. The summed E-state index contributed by atoms with van der Waals surface area (Å²) in [6.45, 7) is 8.76. The van der Waals surface area contributed by atoms with Crippen LogP contribution >= 0.6 is 11.3 Å². The zero-order valence-corrected chi connectivity index (χ0v) is 13.5. The molecule has 0 unspecified atom stereocenters. The highest BCUT2D eigenvalue weighted by molar-refractivity contribution is 7.14. The molecule has 2 rings (SSSR count). The summed E-state index contributed by atoms with van der Waals surface area (Å²) in [7, 11) is 0. The monoisotopic (exact) mass is 306 g/mol. The minimum absolute atomic E-state index is 0.0743. The summed E-state index contributed by atoms with van der Waals surface area (Å²) in [6.07, 6.45) is 0.472. The van der Waals surface area contributed by atoms with Crippen molar-refractivity contribution >= 4 is 17.2 Å². The number of hydrogen-bond donors (Lipinski definition) is 1. The first kappa shape index (κ1) is 16.0. The van der Waals surface area contributed by atoms with Crippen LogP contribution in [-0.4, -0.2) is 60.1 Å². The van der Waals surface area contributed by atoms with Crippen LogP contribution < -0.4 is 0 Å². The van der Waals surface area contributed by atoms with Crippen LogP contribution in [0.15, 0.2) is 6.07 Å². The zero-order chi connectivity index (χ0) is 15.2. The van der Waals surface area contributed by atoms with Crippen LogP contribution in [0.25, 0.3) is 0 Å². The number of aliphatic hydroxyl groups excluding tert-OH is 1. The summed E-state index contributed by atoms with van der Waals surface area (Å²) < 4.78 is 0. The molecule has 1 saturated heterocycles. The van der Waals surface area contributed by atoms with Gasteiger partial charge >= 0.3 is 0 Å². The van der Waals surface area contributed by atoms with E-state index >= 15 is 0 Å². The van der Waals surface area contributed by atoms with E-state index in [2.05, 4.69) is 23.7 Å². The highest BCUT2D eigenvalue weighted by Crippen LogP contribution is 2.23. The van der Waals surface area contributed by atoms with Gasteiger partial charge in [-0.3, -0.25) is 4.79 Å². The predicted molar refractivity (Wildman–Crippen MR) is 85.7 cm³/mol. The lowest BCUT2D eigenvalue weighted by atomic mass is 10.2. The number of hydrogen-bond acceptors (Lipinski definition) is 4. The second kappa shape index (κ2) is 7.60. The van der Waals surface area contributed by atoms with Crippen molar-refractivity contribution in [3.8, 4) is 11.8 Å². The Labute approximate surface area is 130 Å². The van der Waals surface area contributed by atoms with E-state index in [0.29, 0.717) is 6.42 Å². The molecule has 2 heterocycles. The molecule has 1 fully saturated rings. The first-order valence-corrected chi connectivity index (χ1v) is 8.19. The third-order valence-electron chi connectivity index (χ3n) is 3.67. The summed E-state index contributed by atoms with van der Waals surface area (Å²) >= 11 is 1.46. The van der Waals surface area contributed by atoms with Crippen LogP contribution in [0.3, 0.4) is 0 Å². The molecule has 21 heavy (non-hydrogen) atoms. The van der Waals surface area contributed by atoms with Crippen molar-refractivity contribution < 1.29 is 9.90 Å². The Morgan fingerprint density at radius 2 is 2.10 bits per heavy atom. The van der Waals surface area contributed by atoms with Gasteiger partial charge in [0.25, 0.3) is 5.91 Å². The second-order valence-corrected chi connectivity index (χ2v) is 6.18. The predicted octanol–water partition coefficient (Wildman–Crippen LogP) is 1.57. The lowest BCUT2D eigenvalue weighted by molar-refractivity contribution is 0.0648. The van der Waals surface area contributed by atoms with Crippen molar-refractivity contribution in [3.63, 3.8) is 0 Å². The lowest BCUT2D eigenvalue weighted by Crippen LogP contribution is -2.48. The Balaban J connectivity index is 2.04. The van der Waals surface area contributed by atoms with Gasteiger partial charge in [0.05, 0.1) is 16.4 Å². The van der Waals surface area contributed by atoms with Crippen LogP contribution in [0.2, 0.25) is 0 Å². The molecule has 4 nitrogen and oxygen atoms in total. The number of piperazine rings is 1. The van der Waals surface area contributed by atoms with Crippen LogP contribution in [0.1, 0.15) is 33.5 Å². The molecule has 0 bridgehead atoms. The maximum atomic E-state index is 12.5. The topological polar surface area (TPSA) is 43.8 Å². The van der Waals surface area contributed by atoms with Gasteiger partial charge in [-0.15, -0.1) is 11.3 Å². The van der Waals surface area contributed by atoms with Crippen LogP contribution in [0, 0.1) is 18.8 Å². The number of likely N-dealkylation sites (N-methyl/N-ethyl adjacent to an activating group) is 1. The maximum absolute atomic E-state index is 12.5. The maximum Gasteiger partial charge on any atom is 0.264 e. The standard InChI is InChI=1S/C16H22N2O2S/c1-3-17-7-9-18(10-8-17)16(20)15-12-13(2)14(21-15)6-4-5-11-19/h12,19H,3,5,7-11H2,1-2H3. The van der Waals surface area contributed by atoms with Crippen LogP contribution in [-0.2, 0) is 0 Å². The first-order chi connectivity index (χ1) is 10.2. The van der Waals surface area contributed by atoms with Gasteiger partial charge in [-0.05, 0) is 25.1 Å². The fraction of sp³-hybridized carbons (Fsp3) is 0.562. The summed E-state index contributed by atoms with van der Waals surface area (Å²) in [4.78, 5) is 18.5. The number of aliphatic hydroxyl groups is 1. The van der Waals surface area contributed by atoms with E-state index in [0.717, 1.165) is 48.0 Å². The van der Waals surface area contributed by atoms with Gasteiger partial charge in [-0.1, -0.05) is 18.8 Å². The van der Waals surface area contributed by atoms with E-state index in [1.807, 2.05) is 17.9 Å². The molecule has 1 amide bonds.